The summed E-state index contributed by atoms with van der Waals surface area (Å²) in [5, 5.41) is 5.41. The number of hydrogen-bond acceptors (Lipinski definition) is 2. The van der Waals surface area contributed by atoms with E-state index in [0.717, 1.165) is 12.0 Å². The molecule has 2 amide bonds. The van der Waals surface area contributed by atoms with Crippen LogP contribution in [0.25, 0.3) is 0 Å². The molecule has 0 aromatic heterocycles. The summed E-state index contributed by atoms with van der Waals surface area (Å²) in [4.78, 5) is 11.6. The van der Waals surface area contributed by atoms with Crippen molar-refractivity contribution in [3.8, 4) is 5.75 Å². The molecule has 0 aliphatic rings. The number of amides is 2. The first-order chi connectivity index (χ1) is 8.67. The Morgan fingerprint density at radius 1 is 1.50 bits per heavy atom. The van der Waals surface area contributed by atoms with Crippen LogP contribution in [0, 0.1) is 6.92 Å². The van der Waals surface area contributed by atoms with E-state index in [4.69, 9.17) is 4.74 Å². The molecule has 0 aliphatic heterocycles. The summed E-state index contributed by atoms with van der Waals surface area (Å²) >= 11 is 0. The van der Waals surface area contributed by atoms with Crippen LogP contribution in [0.2, 0.25) is 0 Å². The largest absolute Gasteiger partial charge is 0.491 e. The van der Waals surface area contributed by atoms with Gasteiger partial charge in [-0.3, -0.25) is 0 Å². The normalized spacial score (nSPS) is 9.67. The van der Waals surface area contributed by atoms with Gasteiger partial charge in [-0.05, 0) is 31.0 Å². The molecule has 0 saturated carbocycles. The molecular formula is C14H20N2O2. The zero-order valence-electron chi connectivity index (χ0n) is 11.0. The minimum Gasteiger partial charge on any atom is -0.491 e. The lowest BCUT2D eigenvalue weighted by Gasteiger charge is -2.13. The third kappa shape index (κ3) is 4.49. The summed E-state index contributed by atoms with van der Waals surface area (Å²) in [6.07, 6.45) is 2.55. The molecule has 4 nitrogen and oxygen atoms in total. The van der Waals surface area contributed by atoms with Gasteiger partial charge in [-0.25, -0.2) is 4.79 Å². The van der Waals surface area contributed by atoms with Crippen LogP contribution in [0.1, 0.15) is 18.9 Å². The van der Waals surface area contributed by atoms with Gasteiger partial charge in [0.2, 0.25) is 0 Å². The lowest BCUT2D eigenvalue weighted by atomic mass is 10.2. The summed E-state index contributed by atoms with van der Waals surface area (Å²) in [5.74, 6) is 0.700. The minimum atomic E-state index is -0.264. The van der Waals surface area contributed by atoms with Crippen molar-refractivity contribution in [3.05, 3.63) is 36.4 Å². The molecule has 1 aromatic rings. The van der Waals surface area contributed by atoms with Gasteiger partial charge in [0.1, 0.15) is 5.75 Å². The molecule has 0 unspecified atom stereocenters. The third-order valence-corrected chi connectivity index (χ3v) is 2.25. The van der Waals surface area contributed by atoms with Crippen LogP contribution in [-0.2, 0) is 0 Å². The fraction of sp³-hybridized carbons (Fsp3) is 0.357. The molecule has 98 valence electrons. The average Bonchev–Trinajstić information content (AvgIpc) is 2.36. The summed E-state index contributed by atoms with van der Waals surface area (Å²) in [7, 11) is 0. The Bertz CT molecular complexity index is 416. The Hall–Kier alpha value is -1.97. The first-order valence-corrected chi connectivity index (χ1v) is 6.06. The molecule has 0 atom stereocenters. The number of ether oxygens (including phenoxy) is 1. The second-order valence-electron chi connectivity index (χ2n) is 3.97. The van der Waals surface area contributed by atoms with Crippen LogP contribution in [0.3, 0.4) is 0 Å². The Kier molecular flexibility index (Phi) is 5.77. The van der Waals surface area contributed by atoms with E-state index in [0.29, 0.717) is 24.6 Å². The van der Waals surface area contributed by atoms with Gasteiger partial charge in [0.05, 0.1) is 12.3 Å². The lowest BCUT2D eigenvalue weighted by molar-refractivity contribution is 0.252. The maximum Gasteiger partial charge on any atom is 0.319 e. The molecule has 1 rings (SSSR count). The molecular weight excluding hydrogens is 228 g/mol. The van der Waals surface area contributed by atoms with Crippen LogP contribution in [-0.4, -0.2) is 19.2 Å². The first kappa shape index (κ1) is 14.1. The van der Waals surface area contributed by atoms with E-state index >= 15 is 0 Å². The van der Waals surface area contributed by atoms with Crippen molar-refractivity contribution >= 4 is 11.7 Å². The fourth-order valence-electron chi connectivity index (χ4n) is 1.40. The molecule has 2 N–H and O–H groups in total. The van der Waals surface area contributed by atoms with Crippen molar-refractivity contribution in [3.63, 3.8) is 0 Å². The summed E-state index contributed by atoms with van der Waals surface area (Å²) in [6, 6.07) is 5.43. The van der Waals surface area contributed by atoms with E-state index in [2.05, 4.69) is 17.2 Å². The molecule has 18 heavy (non-hydrogen) atoms. The number of rotatable bonds is 6. The van der Waals surface area contributed by atoms with E-state index < -0.39 is 0 Å². The summed E-state index contributed by atoms with van der Waals surface area (Å²) in [5.41, 5.74) is 1.77. The predicted octanol–water partition coefficient (Wildman–Crippen LogP) is 3.09. The highest BCUT2D eigenvalue weighted by molar-refractivity contribution is 5.91. The van der Waals surface area contributed by atoms with Crippen LogP contribution < -0.4 is 15.4 Å². The molecule has 0 saturated heterocycles. The highest BCUT2D eigenvalue weighted by Crippen LogP contribution is 2.25. The lowest BCUT2D eigenvalue weighted by Crippen LogP contribution is -2.28. The monoisotopic (exact) mass is 248 g/mol. The topological polar surface area (TPSA) is 50.4 Å². The second-order valence-corrected chi connectivity index (χ2v) is 3.97. The summed E-state index contributed by atoms with van der Waals surface area (Å²) in [6.45, 7) is 8.63. The summed E-state index contributed by atoms with van der Waals surface area (Å²) < 4.78 is 5.61. The zero-order valence-corrected chi connectivity index (χ0v) is 11.0. The first-order valence-electron chi connectivity index (χ1n) is 6.06. The molecule has 0 aliphatic carbocycles. The number of urea groups is 1. The van der Waals surface area contributed by atoms with Crippen molar-refractivity contribution in [1.82, 2.24) is 5.32 Å². The molecule has 4 heteroatoms. The second kappa shape index (κ2) is 7.37. The van der Waals surface area contributed by atoms with Crippen LogP contribution in [0.5, 0.6) is 5.75 Å². The SMILES string of the molecule is C=CCNC(=O)Nc1ccc(C)cc1OCCC. The van der Waals surface area contributed by atoms with Crippen LogP contribution in [0.4, 0.5) is 10.5 Å². The van der Waals surface area contributed by atoms with E-state index in [1.54, 1.807) is 6.08 Å². The number of carbonyl (C=O) groups is 1. The van der Waals surface area contributed by atoms with Gasteiger partial charge >= 0.3 is 6.03 Å². The Balaban J connectivity index is 2.73. The third-order valence-electron chi connectivity index (χ3n) is 2.25. The highest BCUT2D eigenvalue weighted by atomic mass is 16.5. The number of hydrogen-bond donors (Lipinski definition) is 2. The van der Waals surface area contributed by atoms with Crippen molar-refractivity contribution in [1.29, 1.82) is 0 Å². The Morgan fingerprint density at radius 2 is 2.28 bits per heavy atom. The van der Waals surface area contributed by atoms with Crippen LogP contribution in [0.15, 0.2) is 30.9 Å². The number of carbonyl (C=O) groups excluding carboxylic acids is 1. The van der Waals surface area contributed by atoms with Crippen molar-refractivity contribution < 1.29 is 9.53 Å². The molecule has 0 heterocycles. The number of benzene rings is 1. The number of aryl methyl sites for hydroxylation is 1. The standard InChI is InChI=1S/C14H20N2O2/c1-4-8-15-14(17)16-12-7-6-11(3)10-13(12)18-9-5-2/h4,6-7,10H,1,5,8-9H2,2-3H3,(H2,15,16,17). The van der Waals surface area contributed by atoms with E-state index in [-0.39, 0.29) is 6.03 Å². The Morgan fingerprint density at radius 3 is 2.94 bits per heavy atom. The quantitative estimate of drug-likeness (QED) is 0.760. The molecule has 1 aromatic carbocycles. The number of anilines is 1. The maximum atomic E-state index is 11.6. The van der Waals surface area contributed by atoms with Gasteiger partial charge < -0.3 is 15.4 Å². The van der Waals surface area contributed by atoms with Crippen molar-refractivity contribution in [2.45, 2.75) is 20.3 Å². The minimum absolute atomic E-state index is 0.264. The van der Waals surface area contributed by atoms with Gasteiger partial charge in [-0.15, -0.1) is 6.58 Å². The predicted molar refractivity (Wildman–Crippen MR) is 74.2 cm³/mol. The van der Waals surface area contributed by atoms with E-state index in [1.165, 1.54) is 0 Å². The van der Waals surface area contributed by atoms with Crippen LogP contribution >= 0.6 is 0 Å². The van der Waals surface area contributed by atoms with Gasteiger partial charge in [-0.1, -0.05) is 19.1 Å². The fourth-order valence-corrected chi connectivity index (χ4v) is 1.40. The number of nitrogens with one attached hydrogen (secondary N) is 2. The zero-order chi connectivity index (χ0) is 13.4. The average molecular weight is 248 g/mol. The maximum absolute atomic E-state index is 11.6. The van der Waals surface area contributed by atoms with Crippen molar-refractivity contribution in [2.75, 3.05) is 18.5 Å². The van der Waals surface area contributed by atoms with E-state index in [9.17, 15) is 4.79 Å². The van der Waals surface area contributed by atoms with Gasteiger partial charge in [0.25, 0.3) is 0 Å². The smallest absolute Gasteiger partial charge is 0.319 e. The van der Waals surface area contributed by atoms with Gasteiger partial charge in [0, 0.05) is 6.54 Å². The highest BCUT2D eigenvalue weighted by Gasteiger charge is 2.07. The van der Waals surface area contributed by atoms with Gasteiger partial charge in [-0.2, -0.15) is 0 Å². The van der Waals surface area contributed by atoms with E-state index in [1.807, 2.05) is 32.0 Å². The van der Waals surface area contributed by atoms with Gasteiger partial charge in [0.15, 0.2) is 0 Å². The Labute approximate surface area is 108 Å². The molecule has 0 bridgehead atoms. The molecule has 0 fully saturated rings. The molecule has 0 radical (unpaired) electrons. The van der Waals surface area contributed by atoms with Crippen molar-refractivity contribution in [2.24, 2.45) is 0 Å². The molecule has 0 spiro atoms.